The quantitative estimate of drug-likeness (QED) is 0.409. The molecule has 1 unspecified atom stereocenters. The van der Waals surface area contributed by atoms with Gasteiger partial charge in [-0.15, -0.1) is 11.8 Å². The molecule has 1 saturated carbocycles. The Morgan fingerprint density at radius 3 is 2.77 bits per heavy atom. The Labute approximate surface area is 184 Å². The minimum Gasteiger partial charge on any atom is -0.465 e. The number of allylic oxidation sites excluding steroid dienone is 2. The van der Waals surface area contributed by atoms with Crippen LogP contribution in [0.5, 0.6) is 0 Å². The zero-order valence-electron chi connectivity index (χ0n) is 17.6. The van der Waals surface area contributed by atoms with Gasteiger partial charge >= 0.3 is 12.1 Å². The van der Waals surface area contributed by atoms with E-state index in [1.165, 1.54) is 35.0 Å². The van der Waals surface area contributed by atoms with E-state index < -0.39 is 17.9 Å². The summed E-state index contributed by atoms with van der Waals surface area (Å²) < 4.78 is 19.9. The van der Waals surface area contributed by atoms with Crippen LogP contribution in [-0.2, 0) is 14.9 Å². The Bertz CT molecular complexity index is 1010. The number of rotatable bonds is 5. The lowest BCUT2D eigenvalue weighted by molar-refractivity contribution is -0.137. The number of carbonyl (C=O) groups is 2. The van der Waals surface area contributed by atoms with Crippen LogP contribution in [0.25, 0.3) is 5.57 Å². The number of halogens is 1. The third-order valence-electron chi connectivity index (χ3n) is 5.36. The lowest BCUT2D eigenvalue weighted by Gasteiger charge is -2.30. The lowest BCUT2D eigenvalue weighted by Crippen LogP contribution is -2.36. The molecule has 2 heterocycles. The summed E-state index contributed by atoms with van der Waals surface area (Å²) in [6, 6.07) is 3.09. The van der Waals surface area contributed by atoms with Gasteiger partial charge in [0.1, 0.15) is 17.5 Å². The fraction of sp³-hybridized carbons (Fsp3) is 0.455. The normalized spacial score (nSPS) is 21.8. The van der Waals surface area contributed by atoms with Crippen LogP contribution >= 0.6 is 11.8 Å². The van der Waals surface area contributed by atoms with Crippen LogP contribution in [0, 0.1) is 23.1 Å². The van der Waals surface area contributed by atoms with Crippen LogP contribution < -0.4 is 0 Å². The first-order valence-corrected chi connectivity index (χ1v) is 11.0. The summed E-state index contributed by atoms with van der Waals surface area (Å²) in [5.41, 5.74) is 0.0336. The largest absolute Gasteiger partial charge is 0.465 e. The molecule has 7 nitrogen and oxygen atoms in total. The maximum Gasteiger partial charge on any atom is 0.412 e. The molecule has 31 heavy (non-hydrogen) atoms. The van der Waals surface area contributed by atoms with Gasteiger partial charge in [-0.1, -0.05) is 13.8 Å². The van der Waals surface area contributed by atoms with Gasteiger partial charge in [0.2, 0.25) is 0 Å². The number of hydrogen-bond donors (Lipinski definition) is 1. The van der Waals surface area contributed by atoms with E-state index >= 15 is 0 Å². The predicted octanol–water partition coefficient (Wildman–Crippen LogP) is 4.32. The molecule has 0 spiro atoms. The molecule has 1 aliphatic carbocycles. The molecule has 1 amide bonds. The molecule has 1 aliphatic heterocycles. The molecule has 9 heteroatoms. The highest BCUT2D eigenvalue weighted by atomic mass is 32.2. The summed E-state index contributed by atoms with van der Waals surface area (Å²) in [6.45, 7) is 5.83. The van der Waals surface area contributed by atoms with Crippen molar-refractivity contribution in [1.82, 2.24) is 9.88 Å². The number of carboxylic acid groups (broad SMARTS) is 1. The SMILES string of the molecule is CCOC(=O)/C(C#N)=C(\C=C1/SCC(C)CN1C(=O)O)c1cnc(C2(C)CC2)c(F)c1. The van der Waals surface area contributed by atoms with Crippen molar-refractivity contribution in [2.75, 3.05) is 18.9 Å². The summed E-state index contributed by atoms with van der Waals surface area (Å²) in [4.78, 5) is 29.6. The molecule has 164 valence electrons. The van der Waals surface area contributed by atoms with Crippen molar-refractivity contribution in [3.63, 3.8) is 0 Å². The lowest BCUT2D eigenvalue weighted by atomic mass is 9.98. The van der Waals surface area contributed by atoms with Crippen LogP contribution in [0.1, 0.15) is 44.9 Å². The second-order valence-electron chi connectivity index (χ2n) is 8.03. The zero-order chi connectivity index (χ0) is 22.8. The summed E-state index contributed by atoms with van der Waals surface area (Å²) >= 11 is 1.30. The second kappa shape index (κ2) is 9.10. The topological polar surface area (TPSA) is 104 Å². The average molecular weight is 446 g/mol. The van der Waals surface area contributed by atoms with Gasteiger partial charge < -0.3 is 9.84 Å². The summed E-state index contributed by atoms with van der Waals surface area (Å²) in [7, 11) is 0. The first-order chi connectivity index (χ1) is 14.7. The van der Waals surface area contributed by atoms with Crippen molar-refractivity contribution in [3.8, 4) is 6.07 Å². The van der Waals surface area contributed by atoms with E-state index in [1.807, 2.05) is 19.9 Å². The molecular formula is C22H24FN3O4S. The van der Waals surface area contributed by atoms with Crippen molar-refractivity contribution in [1.29, 1.82) is 5.26 Å². The van der Waals surface area contributed by atoms with E-state index in [-0.39, 0.29) is 41.2 Å². The van der Waals surface area contributed by atoms with Gasteiger partial charge in [0.15, 0.2) is 0 Å². The van der Waals surface area contributed by atoms with Crippen LogP contribution in [0.15, 0.2) is 28.9 Å². The zero-order valence-corrected chi connectivity index (χ0v) is 18.5. The molecule has 0 radical (unpaired) electrons. The number of pyridine rings is 1. The van der Waals surface area contributed by atoms with Crippen molar-refractivity contribution in [2.24, 2.45) is 5.92 Å². The molecule has 1 saturated heterocycles. The van der Waals surface area contributed by atoms with Crippen LogP contribution in [0.2, 0.25) is 0 Å². The fourth-order valence-electron chi connectivity index (χ4n) is 3.35. The second-order valence-corrected chi connectivity index (χ2v) is 9.07. The molecule has 2 fully saturated rings. The first kappa shape index (κ1) is 22.8. The Morgan fingerprint density at radius 2 is 2.23 bits per heavy atom. The van der Waals surface area contributed by atoms with E-state index in [1.54, 1.807) is 6.92 Å². The van der Waals surface area contributed by atoms with Crippen molar-refractivity contribution in [3.05, 3.63) is 46.0 Å². The number of carbonyl (C=O) groups excluding carboxylic acids is 1. The standard InChI is InChI=1S/C22H24FN3O4S/c1-4-30-20(27)16(9-24)15(8-18-26(21(28)29)11-13(2)12-31-18)14-7-17(23)19(25-10-14)22(3)5-6-22/h7-8,10,13H,4-6,11-12H2,1-3H3,(H,28,29)/b16-15+,18-8-. The van der Waals surface area contributed by atoms with Gasteiger partial charge in [-0.2, -0.15) is 5.26 Å². The van der Waals surface area contributed by atoms with E-state index in [0.717, 1.165) is 12.8 Å². The molecule has 0 bridgehead atoms. The predicted molar refractivity (Wildman–Crippen MR) is 114 cm³/mol. The number of amides is 1. The maximum atomic E-state index is 14.9. The highest BCUT2D eigenvalue weighted by Crippen LogP contribution is 2.47. The third-order valence-corrected chi connectivity index (χ3v) is 6.73. The molecule has 1 aromatic heterocycles. The molecule has 1 aromatic rings. The van der Waals surface area contributed by atoms with Crippen molar-refractivity contribution < 1.29 is 23.8 Å². The van der Waals surface area contributed by atoms with Gasteiger partial charge in [-0.25, -0.2) is 14.0 Å². The Morgan fingerprint density at radius 1 is 1.52 bits per heavy atom. The number of aromatic nitrogens is 1. The van der Waals surface area contributed by atoms with Crippen LogP contribution in [0.3, 0.4) is 0 Å². The van der Waals surface area contributed by atoms with E-state index in [4.69, 9.17) is 4.74 Å². The van der Waals surface area contributed by atoms with Crippen LogP contribution in [-0.4, -0.2) is 46.0 Å². The highest BCUT2D eigenvalue weighted by molar-refractivity contribution is 8.03. The number of esters is 1. The van der Waals surface area contributed by atoms with Gasteiger partial charge in [0.25, 0.3) is 0 Å². The van der Waals surface area contributed by atoms with Gasteiger partial charge in [0, 0.05) is 35.0 Å². The smallest absolute Gasteiger partial charge is 0.412 e. The van der Waals surface area contributed by atoms with Crippen LogP contribution in [0.4, 0.5) is 9.18 Å². The fourth-order valence-corrected chi connectivity index (χ4v) is 4.42. The molecule has 1 N–H and O–H groups in total. The maximum absolute atomic E-state index is 14.9. The van der Waals surface area contributed by atoms with Crippen molar-refractivity contribution in [2.45, 2.75) is 39.0 Å². The van der Waals surface area contributed by atoms with E-state index in [0.29, 0.717) is 16.5 Å². The molecule has 0 aromatic carbocycles. The number of ether oxygens (including phenoxy) is 1. The summed E-state index contributed by atoms with van der Waals surface area (Å²) in [5, 5.41) is 19.6. The minimum absolute atomic E-state index is 0.0608. The van der Waals surface area contributed by atoms with Crippen molar-refractivity contribution >= 4 is 29.4 Å². The van der Waals surface area contributed by atoms with Gasteiger partial charge in [-0.3, -0.25) is 9.88 Å². The molecule has 2 aliphatic rings. The molecule has 3 rings (SSSR count). The molecular weight excluding hydrogens is 421 g/mol. The monoisotopic (exact) mass is 445 g/mol. The summed E-state index contributed by atoms with van der Waals surface area (Å²) in [5.74, 6) is -0.557. The van der Waals surface area contributed by atoms with E-state index in [9.17, 15) is 24.3 Å². The summed E-state index contributed by atoms with van der Waals surface area (Å²) in [6.07, 6.45) is 3.41. The first-order valence-electron chi connectivity index (χ1n) is 10.0. The number of hydrogen-bond acceptors (Lipinski definition) is 6. The number of nitrogens with zero attached hydrogens (tertiary/aromatic N) is 3. The Kier molecular flexibility index (Phi) is 6.70. The Hall–Kier alpha value is -2.86. The average Bonchev–Trinajstić information content (AvgIpc) is 3.47. The minimum atomic E-state index is -1.14. The van der Waals surface area contributed by atoms with Gasteiger partial charge in [-0.05, 0) is 37.8 Å². The van der Waals surface area contributed by atoms with Gasteiger partial charge in [0.05, 0.1) is 17.3 Å². The Balaban J connectivity index is 2.14. The van der Waals surface area contributed by atoms with E-state index in [2.05, 4.69) is 4.98 Å². The number of nitriles is 1. The molecule has 1 atom stereocenters. The number of thioether (sulfide) groups is 1. The highest BCUT2D eigenvalue weighted by Gasteiger charge is 2.42. The third kappa shape index (κ3) is 4.90.